The van der Waals surface area contributed by atoms with Crippen LogP contribution in [0.3, 0.4) is 0 Å². The smallest absolute Gasteiger partial charge is 0.410 e. The van der Waals surface area contributed by atoms with E-state index >= 15 is 0 Å². The second-order valence-electron chi connectivity index (χ2n) is 8.89. The molecule has 2 heterocycles. The molecule has 1 aliphatic heterocycles. The molecular weight excluding hydrogens is 492 g/mol. The molecule has 0 aliphatic carbocycles. The van der Waals surface area contributed by atoms with Crippen LogP contribution in [0.4, 0.5) is 9.93 Å². The predicted octanol–water partition coefficient (Wildman–Crippen LogP) is 4.69. The van der Waals surface area contributed by atoms with Crippen LogP contribution in [0.1, 0.15) is 52.8 Å². The molecule has 2 aromatic carbocycles. The largest absolute Gasteiger partial charge is 0.489 e. The summed E-state index contributed by atoms with van der Waals surface area (Å²) in [6.07, 6.45) is 0.276. The van der Waals surface area contributed by atoms with Crippen molar-refractivity contribution in [1.29, 1.82) is 0 Å². The molecule has 2 atom stereocenters. The molecule has 37 heavy (non-hydrogen) atoms. The molecule has 0 radical (unpaired) electrons. The molecule has 1 saturated heterocycles. The zero-order chi connectivity index (χ0) is 26.4. The fourth-order valence-electron chi connectivity index (χ4n) is 3.99. The molecule has 0 spiro atoms. The molecule has 2 N–H and O–H groups in total. The van der Waals surface area contributed by atoms with Gasteiger partial charge in [-0.1, -0.05) is 53.8 Å². The number of aryl methyl sites for hydroxylation is 1. The van der Waals surface area contributed by atoms with Gasteiger partial charge in [0.25, 0.3) is 5.91 Å². The normalized spacial score (nSPS) is 15.6. The van der Waals surface area contributed by atoms with Gasteiger partial charge >= 0.3 is 6.09 Å². The van der Waals surface area contributed by atoms with Gasteiger partial charge in [0.05, 0.1) is 18.3 Å². The Morgan fingerprint density at radius 2 is 1.86 bits per heavy atom. The highest BCUT2D eigenvalue weighted by molar-refractivity contribution is 7.17. The minimum atomic E-state index is -0.338. The first-order valence-electron chi connectivity index (χ1n) is 12.1. The van der Waals surface area contributed by atoms with Gasteiger partial charge in [-0.15, -0.1) is 0 Å². The summed E-state index contributed by atoms with van der Waals surface area (Å²) < 4.78 is 11.5. The number of carbonyl (C=O) groups excluding carboxylic acids is 3. The fraction of sp³-hybridized carbons (Fsp3) is 0.333. The average Bonchev–Trinajstić information content (AvgIpc) is 3.49. The highest BCUT2D eigenvalue weighted by atomic mass is 32.1. The van der Waals surface area contributed by atoms with E-state index in [-0.39, 0.29) is 36.7 Å². The van der Waals surface area contributed by atoms with E-state index in [1.54, 1.807) is 11.8 Å². The lowest BCUT2D eigenvalue weighted by Gasteiger charge is -2.18. The van der Waals surface area contributed by atoms with Gasteiger partial charge in [-0.05, 0) is 37.1 Å². The first-order chi connectivity index (χ1) is 17.8. The Kier molecular flexibility index (Phi) is 8.39. The molecule has 4 rings (SSSR count). The van der Waals surface area contributed by atoms with Crippen molar-refractivity contribution in [3.05, 3.63) is 76.3 Å². The first kappa shape index (κ1) is 26.2. The SMILES string of the molecule is CC(=O)Nc1nc(C)c(C(=O)NC(C)c2ccc(OC3CCN(C(=O)OCc4ccccc4)C3)cc2)s1. The Bertz CT molecular complexity index is 1250. The third-order valence-corrected chi connectivity index (χ3v) is 7.00. The van der Waals surface area contributed by atoms with E-state index in [1.807, 2.05) is 61.5 Å². The zero-order valence-corrected chi connectivity index (χ0v) is 21.8. The molecule has 9 nitrogen and oxygen atoms in total. The van der Waals surface area contributed by atoms with Crippen molar-refractivity contribution >= 4 is 34.4 Å². The molecule has 0 bridgehead atoms. The molecule has 2 unspecified atom stereocenters. The minimum absolute atomic E-state index is 0.112. The maximum Gasteiger partial charge on any atom is 0.410 e. The first-order valence-corrected chi connectivity index (χ1v) is 12.9. The minimum Gasteiger partial charge on any atom is -0.489 e. The van der Waals surface area contributed by atoms with Crippen molar-refractivity contribution in [2.24, 2.45) is 0 Å². The van der Waals surface area contributed by atoms with Crippen LogP contribution in [0.5, 0.6) is 5.75 Å². The second-order valence-corrected chi connectivity index (χ2v) is 9.89. The highest BCUT2D eigenvalue weighted by Crippen LogP contribution is 2.25. The van der Waals surface area contributed by atoms with E-state index in [4.69, 9.17) is 9.47 Å². The highest BCUT2D eigenvalue weighted by Gasteiger charge is 2.28. The van der Waals surface area contributed by atoms with Gasteiger partial charge < -0.3 is 25.0 Å². The number of hydrogen-bond acceptors (Lipinski definition) is 7. The van der Waals surface area contributed by atoms with Crippen molar-refractivity contribution in [2.75, 3.05) is 18.4 Å². The molecule has 3 amide bonds. The van der Waals surface area contributed by atoms with E-state index in [2.05, 4.69) is 15.6 Å². The number of benzene rings is 2. The monoisotopic (exact) mass is 522 g/mol. The number of anilines is 1. The Morgan fingerprint density at radius 3 is 2.57 bits per heavy atom. The molecule has 10 heteroatoms. The van der Waals surface area contributed by atoms with Gasteiger partial charge in [0.1, 0.15) is 23.3 Å². The Hall–Kier alpha value is -3.92. The summed E-state index contributed by atoms with van der Waals surface area (Å²) in [4.78, 5) is 42.7. The van der Waals surface area contributed by atoms with Crippen LogP contribution in [0.15, 0.2) is 54.6 Å². The van der Waals surface area contributed by atoms with E-state index in [0.717, 1.165) is 28.9 Å². The average molecular weight is 523 g/mol. The number of carbonyl (C=O) groups is 3. The molecular formula is C27H30N4O5S. The number of hydrogen-bond donors (Lipinski definition) is 2. The number of ether oxygens (including phenoxy) is 2. The molecule has 1 fully saturated rings. The van der Waals surface area contributed by atoms with Gasteiger partial charge in [0.2, 0.25) is 5.91 Å². The van der Waals surface area contributed by atoms with Gasteiger partial charge in [-0.3, -0.25) is 9.59 Å². The van der Waals surface area contributed by atoms with Crippen molar-refractivity contribution < 1.29 is 23.9 Å². The van der Waals surface area contributed by atoms with Gasteiger partial charge in [0.15, 0.2) is 5.13 Å². The van der Waals surface area contributed by atoms with Crippen LogP contribution in [-0.2, 0) is 16.1 Å². The third kappa shape index (κ3) is 7.07. The summed E-state index contributed by atoms with van der Waals surface area (Å²) in [5, 5.41) is 5.99. The van der Waals surface area contributed by atoms with Crippen LogP contribution < -0.4 is 15.4 Å². The standard InChI is InChI=1S/C27H30N4O5S/c1-17(28-25(33)24-18(2)29-26(37-24)30-19(3)32)21-9-11-22(12-10-21)36-23-13-14-31(15-23)27(34)35-16-20-7-5-4-6-8-20/h4-12,17,23H,13-16H2,1-3H3,(H,28,33)(H,29,30,32). The maximum absolute atomic E-state index is 12.7. The van der Waals surface area contributed by atoms with E-state index in [1.165, 1.54) is 6.92 Å². The predicted molar refractivity (Wildman–Crippen MR) is 141 cm³/mol. The summed E-state index contributed by atoms with van der Waals surface area (Å²) in [7, 11) is 0. The number of thiazole rings is 1. The summed E-state index contributed by atoms with van der Waals surface area (Å²) in [6, 6.07) is 16.9. The molecule has 1 aliphatic rings. The maximum atomic E-state index is 12.7. The zero-order valence-electron chi connectivity index (χ0n) is 21.0. The van der Waals surface area contributed by atoms with Crippen LogP contribution in [-0.4, -0.2) is 47.0 Å². The quantitative estimate of drug-likeness (QED) is 0.444. The van der Waals surface area contributed by atoms with Crippen molar-refractivity contribution in [3.63, 3.8) is 0 Å². The van der Waals surface area contributed by atoms with Crippen molar-refractivity contribution in [3.8, 4) is 5.75 Å². The Morgan fingerprint density at radius 1 is 1.14 bits per heavy atom. The fourth-order valence-corrected chi connectivity index (χ4v) is 4.90. The lowest BCUT2D eigenvalue weighted by atomic mass is 10.1. The van der Waals surface area contributed by atoms with Gasteiger partial charge in [-0.2, -0.15) is 0 Å². The van der Waals surface area contributed by atoms with Crippen molar-refractivity contribution in [1.82, 2.24) is 15.2 Å². The lowest BCUT2D eigenvalue weighted by molar-refractivity contribution is -0.114. The summed E-state index contributed by atoms with van der Waals surface area (Å²) >= 11 is 1.15. The lowest BCUT2D eigenvalue weighted by Crippen LogP contribution is -2.31. The van der Waals surface area contributed by atoms with E-state index in [0.29, 0.717) is 34.5 Å². The van der Waals surface area contributed by atoms with E-state index in [9.17, 15) is 14.4 Å². The molecule has 0 saturated carbocycles. The molecule has 3 aromatic rings. The molecule has 1 aromatic heterocycles. The number of nitrogens with zero attached hydrogens (tertiary/aromatic N) is 2. The van der Waals surface area contributed by atoms with Gasteiger partial charge in [0, 0.05) is 19.9 Å². The number of aromatic nitrogens is 1. The van der Waals surface area contributed by atoms with Gasteiger partial charge in [-0.25, -0.2) is 9.78 Å². The van der Waals surface area contributed by atoms with Crippen LogP contribution >= 0.6 is 11.3 Å². The van der Waals surface area contributed by atoms with E-state index < -0.39 is 0 Å². The van der Waals surface area contributed by atoms with Crippen molar-refractivity contribution in [2.45, 2.75) is 45.9 Å². The number of rotatable bonds is 8. The number of amides is 3. The summed E-state index contributed by atoms with van der Waals surface area (Å²) in [6.45, 7) is 6.33. The second kappa shape index (κ2) is 11.9. The number of nitrogens with one attached hydrogen (secondary N) is 2. The Labute approximate surface area is 219 Å². The molecule has 194 valence electrons. The van der Waals surface area contributed by atoms with Crippen LogP contribution in [0.2, 0.25) is 0 Å². The summed E-state index contributed by atoms with van der Waals surface area (Å²) in [5.41, 5.74) is 2.43. The summed E-state index contributed by atoms with van der Waals surface area (Å²) in [5.74, 6) is 0.222. The van der Waals surface area contributed by atoms with Crippen LogP contribution in [0.25, 0.3) is 0 Å². The number of likely N-dealkylation sites (tertiary alicyclic amines) is 1. The van der Waals surface area contributed by atoms with Crippen LogP contribution in [0, 0.1) is 6.92 Å². The topological polar surface area (TPSA) is 110 Å². The Balaban J connectivity index is 1.25. The third-order valence-electron chi connectivity index (χ3n) is 5.92.